The number of aliphatic carboxylic acids is 1. The maximum Gasteiger partial charge on any atom is 0.345 e. The molecule has 6 aromatic rings. The zero-order valence-corrected chi connectivity index (χ0v) is 51.2. The standard InChI is InChI=1S/C60H76Cl2FN7O14S/c1-40-50-41(2)54(62)55(53(40)61)83-47(36-69-16-14-68(3)15-17-69)38-81-46-10-11-48(43(34-46)35-49(59(71)72)84-57-52-51(50)56(85-58(52)66-39-65-57)42-6-8-44(63)9-7-42)82-37-45-12-13-64-60(67-45)70(18-20-75-26-28-79-32-30-77-24-22-73-4)19-21-76-27-29-80-33-31-78-25-23-74-5/h6-13,34,39,47,49H,14-33,35-38H2,1-5H3,(H,71,72)/t47-,49-/m1/s1. The first-order valence-corrected chi connectivity index (χ1v) is 29.9. The second kappa shape index (κ2) is 34.0. The Morgan fingerprint density at radius 1 is 0.753 bits per heavy atom. The molecule has 4 bridgehead atoms. The number of rotatable bonds is 32. The molecule has 462 valence electrons. The molecule has 0 radical (unpaired) electrons. The van der Waals surface area contributed by atoms with E-state index in [4.69, 9.17) is 85.0 Å². The van der Waals surface area contributed by atoms with Crippen LogP contribution in [0.15, 0.2) is 61.1 Å². The second-order valence-electron chi connectivity index (χ2n) is 20.1. The highest BCUT2D eigenvalue weighted by Gasteiger charge is 2.32. The number of carbonyl (C=O) groups is 1. The topological polar surface area (TPSA) is 209 Å². The number of piperazine rings is 1. The van der Waals surface area contributed by atoms with Gasteiger partial charge in [-0.05, 0) is 79.5 Å². The first-order valence-electron chi connectivity index (χ1n) is 28.3. The number of carboxylic acids is 1. The molecule has 3 aliphatic heterocycles. The molecule has 0 unspecified atom stereocenters. The van der Waals surface area contributed by atoms with Crippen LogP contribution in [0, 0.1) is 19.7 Å². The molecular weight excluding hydrogens is 1160 g/mol. The summed E-state index contributed by atoms with van der Waals surface area (Å²) in [6, 6.07) is 13.1. The average Bonchev–Trinajstić information content (AvgIpc) is 2.14. The fraction of sp³-hybridized carbons (Fsp3) is 0.517. The maximum atomic E-state index is 14.5. The van der Waals surface area contributed by atoms with Crippen molar-refractivity contribution in [1.82, 2.24) is 29.7 Å². The Labute approximate surface area is 509 Å². The minimum atomic E-state index is -1.51. The van der Waals surface area contributed by atoms with Crippen molar-refractivity contribution in [2.75, 3.05) is 171 Å². The number of thiophene rings is 1. The molecule has 0 spiro atoms. The summed E-state index contributed by atoms with van der Waals surface area (Å²) in [6.45, 7) is 14.7. The van der Waals surface area contributed by atoms with E-state index < -0.39 is 24.0 Å². The zero-order chi connectivity index (χ0) is 59.9. The highest BCUT2D eigenvalue weighted by Crippen LogP contribution is 2.53. The number of nitrogens with zero attached hydrogens (tertiary/aromatic N) is 7. The highest BCUT2D eigenvalue weighted by molar-refractivity contribution is 7.22. The molecular formula is C60H76Cl2FN7O14S. The van der Waals surface area contributed by atoms with Gasteiger partial charge in [-0.3, -0.25) is 4.90 Å². The molecule has 3 aromatic carbocycles. The lowest BCUT2D eigenvalue weighted by atomic mass is 9.92. The van der Waals surface area contributed by atoms with Crippen molar-refractivity contribution in [1.29, 1.82) is 0 Å². The van der Waals surface area contributed by atoms with Gasteiger partial charge in [-0.1, -0.05) is 35.3 Å². The highest BCUT2D eigenvalue weighted by atomic mass is 35.5. The summed E-state index contributed by atoms with van der Waals surface area (Å²) in [5.41, 5.74) is 4.20. The van der Waals surface area contributed by atoms with Crippen molar-refractivity contribution >= 4 is 56.7 Å². The molecule has 1 fully saturated rings. The van der Waals surface area contributed by atoms with Crippen LogP contribution in [0.2, 0.25) is 10.0 Å². The smallest absolute Gasteiger partial charge is 0.345 e. The Morgan fingerprint density at radius 2 is 1.35 bits per heavy atom. The van der Waals surface area contributed by atoms with Gasteiger partial charge >= 0.3 is 5.97 Å². The van der Waals surface area contributed by atoms with E-state index in [-0.39, 0.29) is 35.6 Å². The number of carboxylic acid groups (broad SMARTS) is 1. The van der Waals surface area contributed by atoms with E-state index in [2.05, 4.69) is 31.8 Å². The molecule has 3 aromatic heterocycles. The summed E-state index contributed by atoms with van der Waals surface area (Å²) < 4.78 is 85.3. The van der Waals surface area contributed by atoms with Gasteiger partial charge in [0.25, 0.3) is 0 Å². The van der Waals surface area contributed by atoms with Gasteiger partial charge in [-0.25, -0.2) is 29.1 Å². The Kier molecular flexibility index (Phi) is 26.2. The Hall–Kier alpha value is -5.64. The quantitative estimate of drug-likeness (QED) is 0.0395. The fourth-order valence-electron chi connectivity index (χ4n) is 9.51. The summed E-state index contributed by atoms with van der Waals surface area (Å²) in [6.07, 6.45) is 0.712. The molecule has 21 nitrogen and oxygen atoms in total. The van der Waals surface area contributed by atoms with Gasteiger partial charge in [0.05, 0.1) is 114 Å². The van der Waals surface area contributed by atoms with E-state index in [0.29, 0.717) is 189 Å². The van der Waals surface area contributed by atoms with E-state index in [1.165, 1.54) is 29.8 Å². The number of halogens is 3. The van der Waals surface area contributed by atoms with Crippen LogP contribution in [-0.4, -0.2) is 219 Å². The lowest BCUT2D eigenvalue weighted by Gasteiger charge is -2.35. The third-order valence-electron chi connectivity index (χ3n) is 14.1. The first kappa shape index (κ1) is 65.3. The molecule has 85 heavy (non-hydrogen) atoms. The van der Waals surface area contributed by atoms with E-state index in [1.807, 2.05) is 18.7 Å². The molecule has 0 amide bonds. The summed E-state index contributed by atoms with van der Waals surface area (Å²) in [7, 11) is 5.35. The summed E-state index contributed by atoms with van der Waals surface area (Å²) in [4.78, 5) is 40.1. The van der Waals surface area contributed by atoms with Gasteiger partial charge in [0, 0.05) is 88.7 Å². The van der Waals surface area contributed by atoms with Gasteiger partial charge in [0.15, 0.2) is 5.75 Å². The number of hydrogen-bond donors (Lipinski definition) is 1. The molecule has 6 heterocycles. The van der Waals surface area contributed by atoms with Gasteiger partial charge < -0.3 is 71.7 Å². The Bertz CT molecular complexity index is 3000. The maximum absolute atomic E-state index is 14.5. The molecule has 2 atom stereocenters. The number of anilines is 1. The minimum Gasteiger partial charge on any atom is -0.490 e. The second-order valence-corrected chi connectivity index (χ2v) is 21.9. The number of methoxy groups -OCH3 is 2. The van der Waals surface area contributed by atoms with Crippen LogP contribution in [0.3, 0.4) is 0 Å². The van der Waals surface area contributed by atoms with Crippen LogP contribution in [0.4, 0.5) is 10.3 Å². The van der Waals surface area contributed by atoms with Crippen molar-refractivity contribution < 1.29 is 71.1 Å². The molecule has 25 heteroatoms. The normalized spacial score (nSPS) is 15.8. The van der Waals surface area contributed by atoms with Crippen molar-refractivity contribution in [2.45, 2.75) is 39.1 Å². The number of ether oxygens (including phenoxy) is 12. The predicted octanol–water partition coefficient (Wildman–Crippen LogP) is 8.12. The SMILES string of the molecule is COCCOCCOCCOCCN(CCOCCOCCOCCOC)c1nccc(COc2ccc3cc2C[C@H](C(=O)O)Oc2ncnc4sc(-c5ccc(F)cc5)c(c24)-c2c(C)c(Cl)c(c(Cl)c2C)O[C@H](CN2CCN(C)CC2)CO3)n1. The number of likely N-dealkylation sites (N-methyl/N-ethyl adjacent to an activating group) is 1. The first-order chi connectivity index (χ1) is 41.4. The van der Waals surface area contributed by atoms with Crippen LogP contribution >= 0.6 is 34.5 Å². The summed E-state index contributed by atoms with van der Waals surface area (Å²) in [5, 5.41) is 12.0. The van der Waals surface area contributed by atoms with Crippen molar-refractivity contribution in [3.8, 4) is 44.7 Å². The van der Waals surface area contributed by atoms with Crippen LogP contribution in [0.5, 0.6) is 23.1 Å². The molecule has 1 saturated heterocycles. The van der Waals surface area contributed by atoms with Crippen molar-refractivity contribution in [3.63, 3.8) is 0 Å². The van der Waals surface area contributed by atoms with E-state index in [0.717, 1.165) is 26.2 Å². The van der Waals surface area contributed by atoms with Crippen molar-refractivity contribution in [3.05, 3.63) is 99.3 Å². The molecule has 9 rings (SSSR count). The van der Waals surface area contributed by atoms with E-state index >= 15 is 0 Å². The van der Waals surface area contributed by atoms with Crippen LogP contribution in [0.1, 0.15) is 22.4 Å². The largest absolute Gasteiger partial charge is 0.490 e. The predicted molar refractivity (Wildman–Crippen MR) is 321 cm³/mol. The third-order valence-corrected chi connectivity index (χ3v) is 16.1. The van der Waals surface area contributed by atoms with Gasteiger partial charge in [0.2, 0.25) is 17.9 Å². The van der Waals surface area contributed by atoms with E-state index in [9.17, 15) is 14.3 Å². The number of aromatic nitrogens is 4. The molecule has 0 aliphatic carbocycles. The van der Waals surface area contributed by atoms with Crippen LogP contribution in [0.25, 0.3) is 31.8 Å². The van der Waals surface area contributed by atoms with Crippen molar-refractivity contribution in [2.24, 2.45) is 0 Å². The van der Waals surface area contributed by atoms with Gasteiger partial charge in [-0.2, -0.15) is 0 Å². The van der Waals surface area contributed by atoms with Crippen LogP contribution in [-0.2, 0) is 55.7 Å². The minimum absolute atomic E-state index is 0.00406. The lowest BCUT2D eigenvalue weighted by molar-refractivity contribution is -0.145. The van der Waals surface area contributed by atoms with Gasteiger partial charge in [-0.15, -0.1) is 11.3 Å². The molecule has 0 saturated carbocycles. The number of benzene rings is 3. The number of hydrogen-bond acceptors (Lipinski definition) is 21. The molecule has 1 N–H and O–H groups in total. The lowest BCUT2D eigenvalue weighted by Crippen LogP contribution is -2.49. The Balaban J connectivity index is 1.06. The third kappa shape index (κ3) is 18.9. The van der Waals surface area contributed by atoms with Gasteiger partial charge in [0.1, 0.15) is 47.8 Å². The summed E-state index contributed by atoms with van der Waals surface area (Å²) in [5.74, 6) is -0.151. The summed E-state index contributed by atoms with van der Waals surface area (Å²) >= 11 is 16.1. The molecule has 3 aliphatic rings. The Morgan fingerprint density at radius 3 is 1.95 bits per heavy atom. The zero-order valence-electron chi connectivity index (χ0n) is 48.8. The van der Waals surface area contributed by atoms with Crippen LogP contribution < -0.4 is 23.8 Å². The fourth-order valence-corrected chi connectivity index (χ4v) is 11.2. The average molecular weight is 1240 g/mol. The van der Waals surface area contributed by atoms with E-state index in [1.54, 1.807) is 56.8 Å². The monoisotopic (exact) mass is 1240 g/mol. The number of fused-ring (bicyclic) bond motifs is 7.